The molecule has 2 nitrogen and oxygen atoms in total. The Morgan fingerprint density at radius 1 is 1.28 bits per heavy atom. The molecule has 1 N–H and O–H groups in total. The minimum absolute atomic E-state index is 0.100. The number of furan rings is 1. The smallest absolute Gasteiger partial charge is 0.125 e. The van der Waals surface area contributed by atoms with Crippen molar-refractivity contribution in [3.05, 3.63) is 57.8 Å². The fourth-order valence-electron chi connectivity index (χ4n) is 2.17. The van der Waals surface area contributed by atoms with Crippen molar-refractivity contribution in [3.63, 3.8) is 0 Å². The number of benzene rings is 1. The molecule has 0 radical (unpaired) electrons. The Morgan fingerprint density at radius 2 is 2.17 bits per heavy atom. The first kappa shape index (κ1) is 12.0. The molecule has 3 aromatic rings. The molecule has 2 heterocycles. The van der Waals surface area contributed by atoms with E-state index in [1.807, 2.05) is 19.2 Å². The van der Waals surface area contributed by atoms with Crippen LogP contribution in [0, 0.1) is 0 Å². The number of thiophene rings is 1. The second-order valence-electron chi connectivity index (χ2n) is 4.04. The van der Waals surface area contributed by atoms with Gasteiger partial charge in [0.25, 0.3) is 0 Å². The number of hydrogen-bond donors (Lipinski definition) is 1. The van der Waals surface area contributed by atoms with E-state index in [0.717, 1.165) is 10.2 Å². The molecule has 0 amide bonds. The SMILES string of the molecule is CNC(c1ccco1)c1csc2c(Br)cccc12. The van der Waals surface area contributed by atoms with Crippen LogP contribution >= 0.6 is 27.3 Å². The predicted octanol–water partition coefficient (Wildman–Crippen LogP) is 4.57. The molecule has 0 fully saturated rings. The number of fused-ring (bicyclic) bond motifs is 1. The summed E-state index contributed by atoms with van der Waals surface area (Å²) in [7, 11) is 1.95. The quantitative estimate of drug-likeness (QED) is 0.764. The van der Waals surface area contributed by atoms with Gasteiger partial charge in [0.15, 0.2) is 0 Å². The van der Waals surface area contributed by atoms with Crippen molar-refractivity contribution in [1.82, 2.24) is 5.32 Å². The summed E-state index contributed by atoms with van der Waals surface area (Å²) in [5, 5.41) is 6.78. The lowest BCUT2D eigenvalue weighted by atomic mass is 10.0. The van der Waals surface area contributed by atoms with E-state index >= 15 is 0 Å². The second kappa shape index (κ2) is 4.88. The van der Waals surface area contributed by atoms with Crippen LogP contribution in [0.2, 0.25) is 0 Å². The highest BCUT2D eigenvalue weighted by molar-refractivity contribution is 9.10. The lowest BCUT2D eigenvalue weighted by Crippen LogP contribution is -2.16. The van der Waals surface area contributed by atoms with E-state index in [4.69, 9.17) is 4.42 Å². The minimum Gasteiger partial charge on any atom is -0.467 e. The van der Waals surface area contributed by atoms with Crippen LogP contribution in [-0.4, -0.2) is 7.05 Å². The molecule has 18 heavy (non-hydrogen) atoms. The van der Waals surface area contributed by atoms with Gasteiger partial charge < -0.3 is 9.73 Å². The maximum absolute atomic E-state index is 5.52. The lowest BCUT2D eigenvalue weighted by molar-refractivity contribution is 0.465. The van der Waals surface area contributed by atoms with Crippen LogP contribution in [0.3, 0.4) is 0 Å². The molecular weight excluding hydrogens is 310 g/mol. The van der Waals surface area contributed by atoms with Crippen molar-refractivity contribution in [2.75, 3.05) is 7.05 Å². The van der Waals surface area contributed by atoms with E-state index in [-0.39, 0.29) is 6.04 Å². The Kier molecular flexibility index (Phi) is 3.24. The third-order valence-corrected chi connectivity index (χ3v) is 4.98. The van der Waals surface area contributed by atoms with E-state index in [1.165, 1.54) is 15.6 Å². The second-order valence-corrected chi connectivity index (χ2v) is 5.78. The highest BCUT2D eigenvalue weighted by Gasteiger charge is 2.19. The molecule has 2 aromatic heterocycles. The lowest BCUT2D eigenvalue weighted by Gasteiger charge is -2.13. The molecule has 0 aliphatic heterocycles. The molecule has 1 atom stereocenters. The maximum atomic E-state index is 5.52. The minimum atomic E-state index is 0.100. The van der Waals surface area contributed by atoms with E-state index in [2.05, 4.69) is 44.8 Å². The number of halogens is 1. The summed E-state index contributed by atoms with van der Waals surface area (Å²) in [5.74, 6) is 0.942. The fourth-order valence-corrected chi connectivity index (χ4v) is 3.82. The Bertz CT molecular complexity index is 660. The molecule has 1 aromatic carbocycles. The summed E-state index contributed by atoms with van der Waals surface area (Å²) in [4.78, 5) is 0. The van der Waals surface area contributed by atoms with Gasteiger partial charge in [-0.05, 0) is 57.5 Å². The van der Waals surface area contributed by atoms with Crippen LogP contribution in [-0.2, 0) is 0 Å². The molecule has 4 heteroatoms. The van der Waals surface area contributed by atoms with Crippen LogP contribution in [0.1, 0.15) is 17.4 Å². The molecule has 0 spiro atoms. The summed E-state index contributed by atoms with van der Waals surface area (Å²) in [6.07, 6.45) is 1.71. The van der Waals surface area contributed by atoms with Gasteiger partial charge in [-0.25, -0.2) is 0 Å². The zero-order valence-electron chi connectivity index (χ0n) is 9.81. The molecule has 0 bridgehead atoms. The average Bonchev–Trinajstić information content (AvgIpc) is 3.01. The number of hydrogen-bond acceptors (Lipinski definition) is 3. The van der Waals surface area contributed by atoms with Crippen LogP contribution in [0.5, 0.6) is 0 Å². The molecule has 3 rings (SSSR count). The normalized spacial score (nSPS) is 13.0. The zero-order valence-corrected chi connectivity index (χ0v) is 12.2. The first-order chi connectivity index (χ1) is 8.81. The van der Waals surface area contributed by atoms with Crippen LogP contribution in [0.25, 0.3) is 10.1 Å². The Balaban J connectivity index is 2.16. The van der Waals surface area contributed by atoms with Crippen molar-refractivity contribution >= 4 is 37.4 Å². The summed E-state index contributed by atoms with van der Waals surface area (Å²) in [6.45, 7) is 0. The molecule has 1 unspecified atom stereocenters. The van der Waals surface area contributed by atoms with Gasteiger partial charge in [-0.15, -0.1) is 11.3 Å². The van der Waals surface area contributed by atoms with Crippen LogP contribution in [0.15, 0.2) is 50.9 Å². The molecule has 0 aliphatic carbocycles. The highest BCUT2D eigenvalue weighted by Crippen LogP contribution is 2.37. The van der Waals surface area contributed by atoms with Crippen LogP contribution in [0.4, 0.5) is 0 Å². The monoisotopic (exact) mass is 321 g/mol. The van der Waals surface area contributed by atoms with E-state index in [9.17, 15) is 0 Å². The first-order valence-corrected chi connectivity index (χ1v) is 7.35. The first-order valence-electron chi connectivity index (χ1n) is 5.67. The fraction of sp³-hybridized carbons (Fsp3) is 0.143. The Morgan fingerprint density at radius 3 is 2.89 bits per heavy atom. The topological polar surface area (TPSA) is 25.2 Å². The summed E-state index contributed by atoms with van der Waals surface area (Å²) < 4.78 is 7.94. The number of nitrogens with one attached hydrogen (secondary N) is 1. The van der Waals surface area contributed by atoms with E-state index < -0.39 is 0 Å². The van der Waals surface area contributed by atoms with Gasteiger partial charge in [-0.1, -0.05) is 12.1 Å². The summed E-state index contributed by atoms with van der Waals surface area (Å²) in [5.41, 5.74) is 1.26. The van der Waals surface area contributed by atoms with Crippen molar-refractivity contribution in [3.8, 4) is 0 Å². The van der Waals surface area contributed by atoms with Gasteiger partial charge in [0, 0.05) is 9.17 Å². The van der Waals surface area contributed by atoms with Crippen molar-refractivity contribution in [2.45, 2.75) is 6.04 Å². The molecule has 0 aliphatic rings. The maximum Gasteiger partial charge on any atom is 0.125 e. The van der Waals surface area contributed by atoms with Crippen LogP contribution < -0.4 is 5.32 Å². The predicted molar refractivity (Wildman–Crippen MR) is 79.1 cm³/mol. The van der Waals surface area contributed by atoms with E-state index in [0.29, 0.717) is 0 Å². The summed E-state index contributed by atoms with van der Waals surface area (Å²) >= 11 is 5.35. The van der Waals surface area contributed by atoms with Crippen molar-refractivity contribution in [2.24, 2.45) is 0 Å². The molecule has 92 valence electrons. The van der Waals surface area contributed by atoms with Gasteiger partial charge in [-0.3, -0.25) is 0 Å². The van der Waals surface area contributed by atoms with Gasteiger partial charge in [0.05, 0.1) is 12.3 Å². The van der Waals surface area contributed by atoms with Gasteiger partial charge in [0.2, 0.25) is 0 Å². The summed E-state index contributed by atoms with van der Waals surface area (Å²) in [6, 6.07) is 10.3. The van der Waals surface area contributed by atoms with Gasteiger partial charge in [0.1, 0.15) is 5.76 Å². The Hall–Kier alpha value is -1.10. The van der Waals surface area contributed by atoms with E-state index in [1.54, 1.807) is 17.6 Å². The third-order valence-electron chi connectivity index (χ3n) is 3.01. The third kappa shape index (κ3) is 1.90. The zero-order chi connectivity index (χ0) is 12.5. The highest BCUT2D eigenvalue weighted by atomic mass is 79.9. The largest absolute Gasteiger partial charge is 0.467 e. The standard InChI is InChI=1S/C14H12BrNOS/c1-16-13(12-6-3-7-17-12)10-8-18-14-9(10)4-2-5-11(14)15/h2-8,13,16H,1H3. The van der Waals surface area contributed by atoms with Crippen molar-refractivity contribution in [1.29, 1.82) is 0 Å². The number of rotatable bonds is 3. The molecule has 0 saturated heterocycles. The Labute approximate surface area is 118 Å². The molecular formula is C14H12BrNOS. The molecule has 0 saturated carbocycles. The van der Waals surface area contributed by atoms with Gasteiger partial charge >= 0.3 is 0 Å². The average molecular weight is 322 g/mol. The van der Waals surface area contributed by atoms with Crippen molar-refractivity contribution < 1.29 is 4.42 Å². The van der Waals surface area contributed by atoms with Gasteiger partial charge in [-0.2, -0.15) is 0 Å².